The van der Waals surface area contributed by atoms with E-state index in [-0.39, 0.29) is 5.54 Å². The van der Waals surface area contributed by atoms with E-state index < -0.39 is 8.80 Å². The first-order valence-corrected chi connectivity index (χ1v) is 12.1. The first-order chi connectivity index (χ1) is 10.2. The zero-order chi connectivity index (χ0) is 16.2. The predicted octanol–water partition coefficient (Wildman–Crippen LogP) is 5.77. The Balaban J connectivity index is 2.63. The Hall–Kier alpha value is -0.583. The van der Waals surface area contributed by atoms with Crippen molar-refractivity contribution in [2.24, 2.45) is 0 Å². The van der Waals surface area contributed by atoms with Crippen LogP contribution in [0.25, 0.3) is 21.8 Å². The Morgan fingerprint density at radius 3 is 2.14 bits per heavy atom. The highest BCUT2D eigenvalue weighted by atomic mass is 79.9. The zero-order valence-electron chi connectivity index (χ0n) is 13.7. The summed E-state index contributed by atoms with van der Waals surface area (Å²) in [4.78, 5) is 0. The molecule has 22 heavy (non-hydrogen) atoms. The number of fused-ring (bicyclic) bond motifs is 3. The van der Waals surface area contributed by atoms with Gasteiger partial charge in [0.15, 0.2) is 0 Å². The third-order valence-corrected chi connectivity index (χ3v) is 6.75. The molecular formula is C18H21Br2NSi. The highest BCUT2D eigenvalue weighted by Crippen LogP contribution is 2.36. The van der Waals surface area contributed by atoms with Gasteiger partial charge in [-0.25, -0.2) is 0 Å². The predicted molar refractivity (Wildman–Crippen MR) is 108 cm³/mol. The van der Waals surface area contributed by atoms with Crippen molar-refractivity contribution in [3.8, 4) is 0 Å². The van der Waals surface area contributed by atoms with Gasteiger partial charge in [-0.1, -0.05) is 45.0 Å². The van der Waals surface area contributed by atoms with Gasteiger partial charge in [0.25, 0.3) is 0 Å². The molecule has 0 atom stereocenters. The van der Waals surface area contributed by atoms with Crippen molar-refractivity contribution in [3.05, 3.63) is 39.3 Å². The van der Waals surface area contributed by atoms with Gasteiger partial charge in [0, 0.05) is 36.3 Å². The van der Waals surface area contributed by atoms with Gasteiger partial charge in [-0.15, -0.1) is 0 Å². The molecule has 0 amide bonds. The van der Waals surface area contributed by atoms with E-state index in [1.54, 1.807) is 0 Å². The van der Waals surface area contributed by atoms with E-state index >= 15 is 0 Å². The highest BCUT2D eigenvalue weighted by Gasteiger charge is 2.23. The van der Waals surface area contributed by atoms with Gasteiger partial charge in [-0.05, 0) is 56.3 Å². The van der Waals surface area contributed by atoms with Crippen LogP contribution < -0.4 is 5.19 Å². The molecule has 0 aliphatic carbocycles. The van der Waals surface area contributed by atoms with Crippen molar-refractivity contribution >= 4 is 67.6 Å². The SMILES string of the molecule is C[SiH](C)c1cc(Br)cc2c3cc(Br)ccc3n(C(C)(C)C)c12. The normalized spacial score (nSPS) is 12.7. The van der Waals surface area contributed by atoms with Crippen LogP contribution in [0.2, 0.25) is 13.1 Å². The third-order valence-electron chi connectivity index (χ3n) is 4.11. The van der Waals surface area contributed by atoms with Crippen LogP contribution in [0.4, 0.5) is 0 Å². The first-order valence-electron chi connectivity index (χ1n) is 7.63. The van der Waals surface area contributed by atoms with Gasteiger partial charge in [0.2, 0.25) is 0 Å². The second-order valence-electron chi connectivity index (χ2n) is 7.21. The molecule has 0 aliphatic rings. The molecule has 1 heterocycles. The van der Waals surface area contributed by atoms with Crippen molar-refractivity contribution in [2.75, 3.05) is 0 Å². The Morgan fingerprint density at radius 1 is 0.909 bits per heavy atom. The molecule has 4 heteroatoms. The third kappa shape index (κ3) is 2.59. The standard InChI is InChI=1S/C18H21Br2NSi/c1-18(2,3)21-15-7-6-11(19)8-13(15)14-9-12(20)10-16(17(14)21)22(4)5/h6-10,22H,1-5H3. The van der Waals surface area contributed by atoms with Crippen LogP contribution in [-0.2, 0) is 5.54 Å². The lowest BCUT2D eigenvalue weighted by atomic mass is 10.1. The van der Waals surface area contributed by atoms with Crippen LogP contribution in [0.15, 0.2) is 39.3 Å². The molecular weight excluding hydrogens is 418 g/mol. The second kappa shape index (κ2) is 5.50. The van der Waals surface area contributed by atoms with E-state index in [0.717, 1.165) is 4.47 Å². The average Bonchev–Trinajstić information content (AvgIpc) is 2.71. The first kappa shape index (κ1) is 16.3. The van der Waals surface area contributed by atoms with Gasteiger partial charge in [-0.3, -0.25) is 0 Å². The molecule has 0 saturated heterocycles. The van der Waals surface area contributed by atoms with Gasteiger partial charge in [0.1, 0.15) is 0 Å². The summed E-state index contributed by atoms with van der Waals surface area (Å²) in [5.41, 5.74) is 2.80. The summed E-state index contributed by atoms with van der Waals surface area (Å²) in [6.07, 6.45) is 0. The van der Waals surface area contributed by atoms with Crippen LogP contribution in [0.1, 0.15) is 20.8 Å². The molecule has 0 N–H and O–H groups in total. The summed E-state index contributed by atoms with van der Waals surface area (Å²) in [6.45, 7) is 11.7. The number of hydrogen-bond acceptors (Lipinski definition) is 0. The summed E-state index contributed by atoms with van der Waals surface area (Å²) in [5, 5.41) is 4.22. The van der Waals surface area contributed by atoms with E-state index in [9.17, 15) is 0 Å². The monoisotopic (exact) mass is 437 g/mol. The summed E-state index contributed by atoms with van der Waals surface area (Å²) in [5.74, 6) is 0. The Morgan fingerprint density at radius 2 is 1.55 bits per heavy atom. The molecule has 0 unspecified atom stereocenters. The lowest BCUT2D eigenvalue weighted by Crippen LogP contribution is -2.30. The minimum atomic E-state index is -0.939. The molecule has 1 aromatic heterocycles. The van der Waals surface area contributed by atoms with Crippen LogP contribution in [-0.4, -0.2) is 13.4 Å². The molecule has 116 valence electrons. The molecule has 0 radical (unpaired) electrons. The van der Waals surface area contributed by atoms with E-state index in [1.807, 2.05) is 0 Å². The molecule has 1 nitrogen and oxygen atoms in total. The number of rotatable bonds is 1. The number of halogens is 2. The number of nitrogens with zero attached hydrogens (tertiary/aromatic N) is 1. The molecule has 3 rings (SSSR count). The maximum atomic E-state index is 3.72. The maximum absolute atomic E-state index is 3.72. The summed E-state index contributed by atoms with van der Waals surface area (Å²) in [7, 11) is -0.939. The summed E-state index contributed by atoms with van der Waals surface area (Å²) >= 11 is 7.35. The fourth-order valence-corrected chi connectivity index (χ4v) is 5.68. The molecule has 0 fully saturated rings. The molecule has 0 bridgehead atoms. The van der Waals surface area contributed by atoms with E-state index in [2.05, 4.69) is 101 Å². The van der Waals surface area contributed by atoms with Crippen molar-refractivity contribution in [2.45, 2.75) is 39.4 Å². The molecule has 0 aliphatic heterocycles. The molecule has 2 aromatic carbocycles. The number of benzene rings is 2. The quantitative estimate of drug-likeness (QED) is 0.425. The lowest BCUT2D eigenvalue weighted by molar-refractivity contribution is 0.423. The second-order valence-corrected chi connectivity index (χ2v) is 12.0. The fourth-order valence-electron chi connectivity index (χ4n) is 3.25. The van der Waals surface area contributed by atoms with Crippen LogP contribution in [0, 0.1) is 0 Å². The van der Waals surface area contributed by atoms with Gasteiger partial charge < -0.3 is 4.57 Å². The van der Waals surface area contributed by atoms with Crippen molar-refractivity contribution < 1.29 is 0 Å². The Bertz CT molecular complexity index is 872. The van der Waals surface area contributed by atoms with Crippen LogP contribution in [0.5, 0.6) is 0 Å². The molecule has 0 saturated carbocycles. The Kier molecular flexibility index (Phi) is 4.07. The van der Waals surface area contributed by atoms with Crippen molar-refractivity contribution in [3.63, 3.8) is 0 Å². The number of aromatic nitrogens is 1. The molecule has 3 aromatic rings. The van der Waals surface area contributed by atoms with Gasteiger partial charge in [-0.2, -0.15) is 0 Å². The summed E-state index contributed by atoms with van der Waals surface area (Å²) < 4.78 is 4.85. The fraction of sp³-hybridized carbons (Fsp3) is 0.333. The Labute approximate surface area is 150 Å². The van der Waals surface area contributed by atoms with Crippen LogP contribution in [0.3, 0.4) is 0 Å². The minimum Gasteiger partial charge on any atom is -0.335 e. The van der Waals surface area contributed by atoms with Crippen molar-refractivity contribution in [1.29, 1.82) is 0 Å². The van der Waals surface area contributed by atoms with E-state index in [4.69, 9.17) is 0 Å². The smallest absolute Gasteiger partial charge is 0.0675 e. The lowest BCUT2D eigenvalue weighted by Gasteiger charge is -2.26. The largest absolute Gasteiger partial charge is 0.335 e. The van der Waals surface area contributed by atoms with E-state index in [1.165, 1.54) is 31.5 Å². The zero-order valence-corrected chi connectivity index (χ0v) is 18.0. The topological polar surface area (TPSA) is 4.93 Å². The number of hydrogen-bond donors (Lipinski definition) is 0. The maximum Gasteiger partial charge on any atom is 0.0675 e. The van der Waals surface area contributed by atoms with E-state index in [0.29, 0.717) is 0 Å². The minimum absolute atomic E-state index is 0.0553. The van der Waals surface area contributed by atoms with Gasteiger partial charge >= 0.3 is 0 Å². The van der Waals surface area contributed by atoms with Crippen molar-refractivity contribution in [1.82, 2.24) is 4.57 Å². The average molecular weight is 439 g/mol. The highest BCUT2D eigenvalue weighted by molar-refractivity contribution is 9.10. The van der Waals surface area contributed by atoms with Crippen LogP contribution >= 0.6 is 31.9 Å². The molecule has 0 spiro atoms. The van der Waals surface area contributed by atoms with Gasteiger partial charge in [0.05, 0.1) is 8.80 Å². The summed E-state index contributed by atoms with van der Waals surface area (Å²) in [6, 6.07) is 11.2.